The number of hydrogen-bond acceptors (Lipinski definition) is 7. The van der Waals surface area contributed by atoms with Crippen molar-refractivity contribution in [3.05, 3.63) is 54.1 Å². The lowest BCUT2D eigenvalue weighted by Crippen LogP contribution is -2.37. The van der Waals surface area contributed by atoms with Crippen LogP contribution in [0.15, 0.2) is 42.9 Å². The number of rotatable bonds is 4. The molecule has 1 spiro atoms. The van der Waals surface area contributed by atoms with Crippen molar-refractivity contribution in [3.63, 3.8) is 0 Å². The van der Waals surface area contributed by atoms with Gasteiger partial charge in [0.25, 0.3) is 0 Å². The number of nitrogens with two attached hydrogens (primary N) is 1. The van der Waals surface area contributed by atoms with Gasteiger partial charge >= 0.3 is 6.09 Å². The molecule has 1 saturated heterocycles. The van der Waals surface area contributed by atoms with E-state index in [0.717, 1.165) is 41.9 Å². The predicted octanol–water partition coefficient (Wildman–Crippen LogP) is 4.34. The topological polar surface area (TPSA) is 108 Å². The number of aryl methyl sites for hydroxylation is 1. The molecule has 0 radical (unpaired) electrons. The zero-order valence-electron chi connectivity index (χ0n) is 20.7. The smallest absolute Gasteiger partial charge is 0.410 e. The average Bonchev–Trinajstić information content (AvgIpc) is 3.52. The van der Waals surface area contributed by atoms with E-state index in [4.69, 9.17) is 20.3 Å². The molecule has 3 aromatic rings. The highest BCUT2D eigenvalue weighted by Gasteiger charge is 2.47. The van der Waals surface area contributed by atoms with E-state index >= 15 is 0 Å². The molecule has 2 N–H and O–H groups in total. The van der Waals surface area contributed by atoms with E-state index in [1.54, 1.807) is 18.6 Å². The summed E-state index contributed by atoms with van der Waals surface area (Å²) in [6, 6.07) is 7.85. The Balaban J connectivity index is 1.36. The van der Waals surface area contributed by atoms with Crippen molar-refractivity contribution in [2.24, 2.45) is 0 Å². The Bertz CT molecular complexity index is 1240. The molecule has 2 aliphatic heterocycles. The van der Waals surface area contributed by atoms with Crippen LogP contribution < -0.4 is 10.5 Å². The van der Waals surface area contributed by atoms with Crippen molar-refractivity contribution in [1.29, 1.82) is 0 Å². The lowest BCUT2D eigenvalue weighted by Gasteiger charge is -2.26. The number of hydrogen-bond donors (Lipinski definition) is 1. The van der Waals surface area contributed by atoms with Gasteiger partial charge in [0.2, 0.25) is 0 Å². The highest BCUT2D eigenvalue weighted by atomic mass is 16.6. The first-order chi connectivity index (χ1) is 16.6. The third-order valence-electron chi connectivity index (χ3n) is 6.77. The van der Waals surface area contributed by atoms with Gasteiger partial charge in [0.1, 0.15) is 11.7 Å². The van der Waals surface area contributed by atoms with Crippen molar-refractivity contribution in [2.75, 3.05) is 18.8 Å². The molecular weight excluding hydrogens is 444 g/mol. The van der Waals surface area contributed by atoms with Crippen LogP contribution in [0.1, 0.15) is 57.9 Å². The van der Waals surface area contributed by atoms with Gasteiger partial charge in [-0.1, -0.05) is 6.07 Å². The maximum absolute atomic E-state index is 12.6. The zero-order valence-corrected chi connectivity index (χ0v) is 20.7. The lowest BCUT2D eigenvalue weighted by molar-refractivity contribution is 0.0284. The number of pyridine rings is 2. The fourth-order valence-electron chi connectivity index (χ4n) is 4.94. The van der Waals surface area contributed by atoms with E-state index in [-0.39, 0.29) is 17.6 Å². The SMILES string of the molecule is C[C@H](Oc1cc(-c2cc3n(n2)CC[C@@]32CCN(C(=O)OC(C)(C)C)C2)cnc1N)c1cccnc1. The maximum atomic E-state index is 12.6. The molecule has 2 aliphatic rings. The van der Waals surface area contributed by atoms with Crippen molar-refractivity contribution < 1.29 is 14.3 Å². The van der Waals surface area contributed by atoms with E-state index in [2.05, 4.69) is 20.7 Å². The minimum atomic E-state index is -0.506. The van der Waals surface area contributed by atoms with Crippen molar-refractivity contribution >= 4 is 11.9 Å². The van der Waals surface area contributed by atoms with Gasteiger partial charge in [-0.15, -0.1) is 0 Å². The zero-order chi connectivity index (χ0) is 24.8. The standard InChI is InChI=1S/C26H32N6O3/c1-17(18-6-5-9-28-14-18)34-21-12-19(15-29-23(21)27)20-13-22-26(8-11-32(22)30-20)7-10-31(16-26)24(33)35-25(2,3)4/h5-6,9,12-15,17H,7-8,10-11,16H2,1-4H3,(H2,27,29)/t17-,26+/m0/s1. The Morgan fingerprint density at radius 1 is 1.20 bits per heavy atom. The van der Waals surface area contributed by atoms with Gasteiger partial charge < -0.3 is 20.1 Å². The Labute approximate surface area is 205 Å². The third-order valence-corrected chi connectivity index (χ3v) is 6.77. The van der Waals surface area contributed by atoms with E-state index in [1.165, 1.54) is 0 Å². The number of anilines is 1. The van der Waals surface area contributed by atoms with Crippen LogP contribution in [0.25, 0.3) is 11.3 Å². The molecule has 9 nitrogen and oxygen atoms in total. The van der Waals surface area contributed by atoms with E-state index in [9.17, 15) is 4.79 Å². The van der Waals surface area contributed by atoms with Crippen LogP contribution in [0.4, 0.5) is 10.6 Å². The van der Waals surface area contributed by atoms with E-state index in [1.807, 2.05) is 50.8 Å². The van der Waals surface area contributed by atoms with Crippen LogP contribution in [0, 0.1) is 0 Å². The van der Waals surface area contributed by atoms with Crippen molar-refractivity contribution in [2.45, 2.75) is 64.2 Å². The number of nitrogen functional groups attached to an aromatic ring is 1. The minimum absolute atomic E-state index is 0.0997. The predicted molar refractivity (Wildman–Crippen MR) is 132 cm³/mol. The summed E-state index contributed by atoms with van der Waals surface area (Å²) in [4.78, 5) is 23.0. The minimum Gasteiger partial charge on any atom is -0.482 e. The number of fused-ring (bicyclic) bond motifs is 2. The van der Waals surface area contributed by atoms with Gasteiger partial charge in [0, 0.05) is 60.5 Å². The van der Waals surface area contributed by atoms with Crippen LogP contribution >= 0.6 is 0 Å². The molecule has 5 rings (SSSR count). The molecule has 0 saturated carbocycles. The summed E-state index contributed by atoms with van der Waals surface area (Å²) in [7, 11) is 0. The van der Waals surface area contributed by atoms with E-state index in [0.29, 0.717) is 24.7 Å². The Kier molecular flexibility index (Phi) is 5.65. The lowest BCUT2D eigenvalue weighted by atomic mass is 9.82. The first-order valence-corrected chi connectivity index (χ1v) is 12.0. The van der Waals surface area contributed by atoms with E-state index < -0.39 is 5.60 Å². The van der Waals surface area contributed by atoms with Crippen LogP contribution in [0.5, 0.6) is 5.75 Å². The first kappa shape index (κ1) is 23.1. The Hall–Kier alpha value is -3.62. The second kappa shape index (κ2) is 8.55. The van der Waals surface area contributed by atoms with Crippen LogP contribution in [-0.4, -0.2) is 49.4 Å². The molecular formula is C26H32N6O3. The molecule has 0 aliphatic carbocycles. The first-order valence-electron chi connectivity index (χ1n) is 12.0. The summed E-state index contributed by atoms with van der Waals surface area (Å²) in [5, 5.41) is 4.85. The highest BCUT2D eigenvalue weighted by Crippen LogP contribution is 2.44. The molecule has 9 heteroatoms. The molecule has 0 aromatic carbocycles. The second-order valence-corrected chi connectivity index (χ2v) is 10.5. The van der Waals surface area contributed by atoms with Crippen molar-refractivity contribution in [3.8, 4) is 17.0 Å². The number of amides is 1. The molecule has 184 valence electrons. The number of aromatic nitrogens is 4. The van der Waals surface area contributed by atoms with Crippen LogP contribution in [0.2, 0.25) is 0 Å². The molecule has 5 heterocycles. The average molecular weight is 477 g/mol. The monoisotopic (exact) mass is 476 g/mol. The molecule has 1 fully saturated rings. The van der Waals surface area contributed by atoms with Gasteiger partial charge in [0.15, 0.2) is 11.6 Å². The quantitative estimate of drug-likeness (QED) is 0.596. The summed E-state index contributed by atoms with van der Waals surface area (Å²) < 4.78 is 13.8. The molecule has 35 heavy (non-hydrogen) atoms. The normalized spacial score (nSPS) is 20.2. The number of nitrogens with zero attached hydrogens (tertiary/aromatic N) is 5. The summed E-state index contributed by atoms with van der Waals surface area (Å²) in [6.45, 7) is 9.78. The number of carbonyl (C=O) groups is 1. The number of ether oxygens (including phenoxy) is 2. The molecule has 1 amide bonds. The Morgan fingerprint density at radius 3 is 2.74 bits per heavy atom. The third kappa shape index (κ3) is 4.54. The largest absolute Gasteiger partial charge is 0.482 e. The summed E-state index contributed by atoms with van der Waals surface area (Å²) in [5.41, 5.74) is 9.28. The number of likely N-dealkylation sites (tertiary alicyclic amines) is 1. The maximum Gasteiger partial charge on any atom is 0.410 e. The molecule has 3 aromatic heterocycles. The highest BCUT2D eigenvalue weighted by molar-refractivity contribution is 5.69. The number of carbonyl (C=O) groups excluding carboxylic acids is 1. The van der Waals surface area contributed by atoms with Crippen molar-refractivity contribution in [1.82, 2.24) is 24.6 Å². The van der Waals surface area contributed by atoms with Gasteiger partial charge in [-0.25, -0.2) is 9.78 Å². The Morgan fingerprint density at radius 2 is 2.00 bits per heavy atom. The van der Waals surface area contributed by atoms with Gasteiger partial charge in [-0.3, -0.25) is 9.67 Å². The molecule has 2 atom stereocenters. The fraction of sp³-hybridized carbons (Fsp3) is 0.462. The summed E-state index contributed by atoms with van der Waals surface area (Å²) >= 11 is 0. The fourth-order valence-corrected chi connectivity index (χ4v) is 4.94. The van der Waals surface area contributed by atoms with Gasteiger partial charge in [-0.2, -0.15) is 5.10 Å². The summed E-state index contributed by atoms with van der Waals surface area (Å²) in [6.07, 6.45) is 6.62. The van der Waals surface area contributed by atoms with Gasteiger partial charge in [-0.05, 0) is 58.7 Å². The molecule has 0 bridgehead atoms. The second-order valence-electron chi connectivity index (χ2n) is 10.5. The van der Waals surface area contributed by atoms with Crippen LogP contribution in [0.3, 0.4) is 0 Å². The van der Waals surface area contributed by atoms with Crippen LogP contribution in [-0.2, 0) is 16.7 Å². The summed E-state index contributed by atoms with van der Waals surface area (Å²) in [5.74, 6) is 0.843. The molecule has 0 unspecified atom stereocenters. The van der Waals surface area contributed by atoms with Gasteiger partial charge in [0.05, 0.1) is 5.69 Å².